The van der Waals surface area contributed by atoms with Crippen LogP contribution in [0, 0.1) is 0 Å². The number of rotatable bonds is 10. The molecule has 0 unspecified atom stereocenters. The summed E-state index contributed by atoms with van der Waals surface area (Å²) in [5, 5.41) is 9.48. The van der Waals surface area contributed by atoms with E-state index in [0.29, 0.717) is 12.1 Å². The van der Waals surface area contributed by atoms with Crippen LogP contribution in [-0.4, -0.2) is 38.5 Å². The molecule has 0 atom stereocenters. The summed E-state index contributed by atoms with van der Waals surface area (Å²) in [6.07, 6.45) is 5.82. The van der Waals surface area contributed by atoms with Crippen molar-refractivity contribution < 1.29 is 4.79 Å². The molecule has 5 nitrogen and oxygen atoms in total. The number of unbranched alkanes of at least 4 members (excludes halogenated alkanes) is 3. The fourth-order valence-corrected chi connectivity index (χ4v) is 2.17. The van der Waals surface area contributed by atoms with Gasteiger partial charge in [-0.1, -0.05) is 44.4 Å². The van der Waals surface area contributed by atoms with Crippen LogP contribution >= 0.6 is 0 Å². The number of carbonyl (C=O) groups is 1. The summed E-state index contributed by atoms with van der Waals surface area (Å²) in [4.78, 5) is 16.1. The molecule has 0 radical (unpaired) electrons. The van der Waals surface area contributed by atoms with Crippen LogP contribution in [-0.2, 0) is 0 Å². The number of hydrogen-bond acceptors (Lipinski definition) is 2. The van der Waals surface area contributed by atoms with Crippen molar-refractivity contribution in [1.82, 2.24) is 16.0 Å². The molecule has 0 heterocycles. The van der Waals surface area contributed by atoms with E-state index in [9.17, 15) is 4.79 Å². The molecular weight excluding hydrogens is 288 g/mol. The second-order valence-corrected chi connectivity index (χ2v) is 5.46. The van der Waals surface area contributed by atoms with Gasteiger partial charge in [-0.2, -0.15) is 0 Å². The molecule has 3 N–H and O–H groups in total. The minimum absolute atomic E-state index is 0.0240. The van der Waals surface area contributed by atoms with Gasteiger partial charge in [0.05, 0.1) is 0 Å². The van der Waals surface area contributed by atoms with Gasteiger partial charge in [0, 0.05) is 32.2 Å². The summed E-state index contributed by atoms with van der Waals surface area (Å²) in [5.41, 5.74) is 0.699. The smallest absolute Gasteiger partial charge is 0.251 e. The van der Waals surface area contributed by atoms with Gasteiger partial charge in [-0.15, -0.1) is 0 Å². The molecule has 1 aromatic carbocycles. The monoisotopic (exact) mass is 318 g/mol. The zero-order valence-electron chi connectivity index (χ0n) is 14.4. The number of guanidine groups is 1. The Bertz CT molecular complexity index is 459. The second kappa shape index (κ2) is 12.5. The zero-order valence-corrected chi connectivity index (χ0v) is 14.4. The van der Waals surface area contributed by atoms with Crippen LogP contribution in [0.2, 0.25) is 0 Å². The largest absolute Gasteiger partial charge is 0.356 e. The van der Waals surface area contributed by atoms with Crippen molar-refractivity contribution in [3.8, 4) is 0 Å². The van der Waals surface area contributed by atoms with Gasteiger partial charge < -0.3 is 16.0 Å². The van der Waals surface area contributed by atoms with E-state index in [2.05, 4.69) is 27.9 Å². The number of aliphatic imine (C=N–C) groups is 1. The highest BCUT2D eigenvalue weighted by Gasteiger charge is 2.03. The summed E-state index contributed by atoms with van der Waals surface area (Å²) in [5.74, 6) is 0.805. The van der Waals surface area contributed by atoms with E-state index in [1.807, 2.05) is 30.3 Å². The van der Waals surface area contributed by atoms with Crippen molar-refractivity contribution in [1.29, 1.82) is 0 Å². The highest BCUT2D eigenvalue weighted by Crippen LogP contribution is 1.98. The lowest BCUT2D eigenvalue weighted by Crippen LogP contribution is -2.39. The van der Waals surface area contributed by atoms with E-state index in [1.165, 1.54) is 25.7 Å². The fraction of sp³-hybridized carbons (Fsp3) is 0.556. The molecule has 128 valence electrons. The minimum Gasteiger partial charge on any atom is -0.356 e. The van der Waals surface area contributed by atoms with Crippen molar-refractivity contribution in [3.05, 3.63) is 35.9 Å². The third-order valence-corrected chi connectivity index (χ3v) is 3.51. The van der Waals surface area contributed by atoms with Crippen molar-refractivity contribution >= 4 is 11.9 Å². The van der Waals surface area contributed by atoms with Gasteiger partial charge in [0.25, 0.3) is 5.91 Å². The molecule has 0 aromatic heterocycles. The number of nitrogens with zero attached hydrogens (tertiary/aromatic N) is 1. The third kappa shape index (κ3) is 8.86. The molecule has 0 aliphatic rings. The zero-order chi connectivity index (χ0) is 16.8. The first-order chi connectivity index (χ1) is 11.3. The lowest BCUT2D eigenvalue weighted by Gasteiger charge is -2.12. The first kappa shape index (κ1) is 19.0. The molecule has 0 aliphatic heterocycles. The number of amides is 1. The first-order valence-corrected chi connectivity index (χ1v) is 8.55. The molecule has 5 heteroatoms. The number of carbonyl (C=O) groups excluding carboxylic acids is 1. The average Bonchev–Trinajstić information content (AvgIpc) is 2.60. The Balaban J connectivity index is 2.07. The van der Waals surface area contributed by atoms with E-state index in [1.54, 1.807) is 7.05 Å². The average molecular weight is 318 g/mol. The summed E-state index contributed by atoms with van der Waals surface area (Å²) in [7, 11) is 1.78. The summed E-state index contributed by atoms with van der Waals surface area (Å²) in [6.45, 7) is 4.59. The summed E-state index contributed by atoms with van der Waals surface area (Å²) >= 11 is 0. The van der Waals surface area contributed by atoms with Crippen molar-refractivity contribution in [2.24, 2.45) is 4.99 Å². The van der Waals surface area contributed by atoms with Gasteiger partial charge in [-0.25, -0.2) is 0 Å². The number of hydrogen-bond donors (Lipinski definition) is 3. The molecule has 1 amide bonds. The lowest BCUT2D eigenvalue weighted by atomic mass is 10.2. The number of benzene rings is 1. The summed E-state index contributed by atoms with van der Waals surface area (Å²) < 4.78 is 0. The van der Waals surface area contributed by atoms with Crippen LogP contribution < -0.4 is 16.0 Å². The highest BCUT2D eigenvalue weighted by molar-refractivity contribution is 5.94. The van der Waals surface area contributed by atoms with Crippen LogP contribution in [0.1, 0.15) is 49.4 Å². The van der Waals surface area contributed by atoms with Crippen LogP contribution in [0.15, 0.2) is 35.3 Å². The fourth-order valence-electron chi connectivity index (χ4n) is 2.17. The van der Waals surface area contributed by atoms with Crippen molar-refractivity contribution in [3.63, 3.8) is 0 Å². The van der Waals surface area contributed by atoms with Crippen LogP contribution in [0.4, 0.5) is 0 Å². The van der Waals surface area contributed by atoms with E-state index in [-0.39, 0.29) is 5.91 Å². The predicted octanol–water partition coefficient (Wildman–Crippen LogP) is 2.55. The molecule has 1 rings (SSSR count). The molecular formula is C18H30N4O. The molecule has 1 aromatic rings. The Kier molecular flexibility index (Phi) is 10.3. The molecule has 23 heavy (non-hydrogen) atoms. The van der Waals surface area contributed by atoms with Gasteiger partial charge in [-0.3, -0.25) is 9.79 Å². The van der Waals surface area contributed by atoms with E-state index < -0.39 is 0 Å². The maximum absolute atomic E-state index is 11.9. The van der Waals surface area contributed by atoms with E-state index >= 15 is 0 Å². The molecule has 0 aliphatic carbocycles. The molecule has 0 spiro atoms. The lowest BCUT2D eigenvalue weighted by molar-refractivity contribution is 0.0953. The predicted molar refractivity (Wildman–Crippen MR) is 96.9 cm³/mol. The Hall–Kier alpha value is -2.04. The van der Waals surface area contributed by atoms with Gasteiger partial charge in [0.15, 0.2) is 5.96 Å². The first-order valence-electron chi connectivity index (χ1n) is 8.55. The summed E-state index contributed by atoms with van der Waals surface area (Å²) in [6, 6.07) is 9.27. The normalized spacial score (nSPS) is 11.1. The van der Waals surface area contributed by atoms with Crippen LogP contribution in [0.5, 0.6) is 0 Å². The van der Waals surface area contributed by atoms with Gasteiger partial charge >= 0.3 is 0 Å². The van der Waals surface area contributed by atoms with Crippen molar-refractivity contribution in [2.45, 2.75) is 39.0 Å². The standard InChI is InChI=1S/C18H30N4O/c1-3-4-5-9-13-21-18(19-2)22-15-10-14-20-17(23)16-11-7-6-8-12-16/h6-8,11-12H,3-5,9-10,13-15H2,1-2H3,(H,20,23)(H2,19,21,22). The molecule has 0 fully saturated rings. The highest BCUT2D eigenvalue weighted by atomic mass is 16.1. The van der Waals surface area contributed by atoms with E-state index in [0.717, 1.165) is 25.5 Å². The Morgan fingerprint density at radius 3 is 2.22 bits per heavy atom. The quantitative estimate of drug-likeness (QED) is 0.353. The maximum atomic E-state index is 11.9. The van der Waals surface area contributed by atoms with E-state index in [4.69, 9.17) is 0 Å². The molecule has 0 bridgehead atoms. The molecule has 0 saturated carbocycles. The van der Waals surface area contributed by atoms with Gasteiger partial charge in [-0.05, 0) is 25.0 Å². The molecule has 0 saturated heterocycles. The Morgan fingerprint density at radius 1 is 0.913 bits per heavy atom. The van der Waals surface area contributed by atoms with Gasteiger partial charge in [0.2, 0.25) is 0 Å². The van der Waals surface area contributed by atoms with Crippen LogP contribution in [0.25, 0.3) is 0 Å². The Labute approximate surface area is 140 Å². The second-order valence-electron chi connectivity index (χ2n) is 5.46. The topological polar surface area (TPSA) is 65.5 Å². The van der Waals surface area contributed by atoms with Crippen molar-refractivity contribution in [2.75, 3.05) is 26.7 Å². The SMILES string of the molecule is CCCCCCNC(=NC)NCCCNC(=O)c1ccccc1. The van der Waals surface area contributed by atoms with Gasteiger partial charge in [0.1, 0.15) is 0 Å². The Morgan fingerprint density at radius 2 is 1.57 bits per heavy atom. The van der Waals surface area contributed by atoms with Crippen LogP contribution in [0.3, 0.4) is 0 Å². The third-order valence-electron chi connectivity index (χ3n) is 3.51. The maximum Gasteiger partial charge on any atom is 0.251 e. The number of nitrogens with one attached hydrogen (secondary N) is 3. The minimum atomic E-state index is -0.0240.